The molecule has 1 rings (SSSR count). The fraction of sp³-hybridized carbons (Fsp3) is 0.375. The fourth-order valence-electron chi connectivity index (χ4n) is 0.771. The molecule has 0 saturated heterocycles. The summed E-state index contributed by atoms with van der Waals surface area (Å²) in [5.74, 6) is 0.199. The molecule has 0 aliphatic carbocycles. The van der Waals surface area contributed by atoms with Gasteiger partial charge in [-0.05, 0) is 19.1 Å². The molecule has 1 aromatic heterocycles. The summed E-state index contributed by atoms with van der Waals surface area (Å²) in [5.41, 5.74) is 0. The van der Waals surface area contributed by atoms with Crippen molar-refractivity contribution in [2.45, 2.75) is 13.3 Å². The molecule has 4 heteroatoms. The van der Waals surface area contributed by atoms with E-state index in [1.54, 1.807) is 6.92 Å². The molecule has 1 heterocycles. The molecule has 0 fully saturated rings. The Hall–Kier alpha value is -0.540. The summed E-state index contributed by atoms with van der Waals surface area (Å²) in [6.07, 6.45) is 0.565. The first-order valence-corrected chi connectivity index (χ1v) is 4.86. The van der Waals surface area contributed by atoms with E-state index in [-0.39, 0.29) is 5.78 Å². The van der Waals surface area contributed by atoms with Crippen LogP contribution in [0.5, 0.6) is 0 Å². The van der Waals surface area contributed by atoms with Crippen LogP contribution in [0.25, 0.3) is 0 Å². The van der Waals surface area contributed by atoms with Crippen molar-refractivity contribution in [2.75, 3.05) is 11.9 Å². The Bertz CT molecular complexity index is 272. The van der Waals surface area contributed by atoms with Crippen molar-refractivity contribution in [3.8, 4) is 0 Å². The lowest BCUT2D eigenvalue weighted by Crippen LogP contribution is -2.04. The van der Waals surface area contributed by atoms with Crippen LogP contribution >= 0.6 is 22.9 Å². The molecular formula is C8H10ClNOS. The molecule has 0 atom stereocenters. The smallest absolute Gasteiger partial charge is 0.131 e. The zero-order valence-corrected chi connectivity index (χ0v) is 8.34. The molecule has 66 valence electrons. The van der Waals surface area contributed by atoms with Crippen molar-refractivity contribution in [1.82, 2.24) is 0 Å². The van der Waals surface area contributed by atoms with Gasteiger partial charge in [-0.3, -0.25) is 4.79 Å². The Morgan fingerprint density at radius 2 is 2.42 bits per heavy atom. The molecule has 0 aliphatic rings. The number of hydrogen-bond donors (Lipinski definition) is 1. The second-order valence-corrected chi connectivity index (χ2v) is 4.20. The largest absolute Gasteiger partial charge is 0.376 e. The van der Waals surface area contributed by atoms with Gasteiger partial charge in [0.25, 0.3) is 0 Å². The van der Waals surface area contributed by atoms with E-state index in [0.29, 0.717) is 13.0 Å². The molecule has 12 heavy (non-hydrogen) atoms. The maximum absolute atomic E-state index is 10.6. The predicted molar refractivity (Wildman–Crippen MR) is 53.1 cm³/mol. The Morgan fingerprint density at radius 1 is 1.67 bits per heavy atom. The molecular weight excluding hydrogens is 194 g/mol. The lowest BCUT2D eigenvalue weighted by molar-refractivity contribution is -0.116. The second kappa shape index (κ2) is 4.48. The summed E-state index contributed by atoms with van der Waals surface area (Å²) in [6, 6.07) is 3.75. The van der Waals surface area contributed by atoms with E-state index >= 15 is 0 Å². The van der Waals surface area contributed by atoms with Gasteiger partial charge in [0.1, 0.15) is 5.78 Å². The van der Waals surface area contributed by atoms with E-state index in [1.165, 1.54) is 11.3 Å². The van der Waals surface area contributed by atoms with Crippen LogP contribution in [0.1, 0.15) is 13.3 Å². The van der Waals surface area contributed by atoms with Crippen molar-refractivity contribution >= 4 is 33.7 Å². The summed E-state index contributed by atoms with van der Waals surface area (Å²) >= 11 is 7.20. The molecule has 0 spiro atoms. The third-order valence-electron chi connectivity index (χ3n) is 1.35. The highest BCUT2D eigenvalue weighted by molar-refractivity contribution is 7.19. The number of hydrogen-bond acceptors (Lipinski definition) is 3. The predicted octanol–water partition coefficient (Wildman–Crippen LogP) is 2.79. The molecule has 0 amide bonds. The summed E-state index contributed by atoms with van der Waals surface area (Å²) in [5, 5.41) is 4.13. The van der Waals surface area contributed by atoms with Crippen LogP contribution in [0.4, 0.5) is 5.00 Å². The van der Waals surface area contributed by atoms with Crippen molar-refractivity contribution in [3.63, 3.8) is 0 Å². The first-order chi connectivity index (χ1) is 5.68. The Kier molecular flexibility index (Phi) is 3.56. The minimum Gasteiger partial charge on any atom is -0.376 e. The quantitative estimate of drug-likeness (QED) is 0.816. The molecule has 0 aliphatic heterocycles. The number of carbonyl (C=O) groups is 1. The van der Waals surface area contributed by atoms with Crippen molar-refractivity contribution < 1.29 is 4.79 Å². The van der Waals surface area contributed by atoms with Crippen molar-refractivity contribution in [2.24, 2.45) is 0 Å². The van der Waals surface area contributed by atoms with E-state index < -0.39 is 0 Å². The lowest BCUT2D eigenvalue weighted by atomic mass is 10.3. The number of anilines is 1. The van der Waals surface area contributed by atoms with Gasteiger partial charge in [-0.2, -0.15) is 0 Å². The zero-order valence-electron chi connectivity index (χ0n) is 6.76. The van der Waals surface area contributed by atoms with Gasteiger partial charge in [-0.15, -0.1) is 11.3 Å². The molecule has 0 saturated carbocycles. The van der Waals surface area contributed by atoms with Crippen molar-refractivity contribution in [1.29, 1.82) is 0 Å². The normalized spacial score (nSPS) is 9.83. The summed E-state index contributed by atoms with van der Waals surface area (Å²) in [4.78, 5) is 10.6. The monoisotopic (exact) mass is 203 g/mol. The van der Waals surface area contributed by atoms with Crippen LogP contribution in [-0.4, -0.2) is 12.3 Å². The summed E-state index contributed by atoms with van der Waals surface area (Å²) in [6.45, 7) is 2.27. The molecule has 0 unspecified atom stereocenters. The molecule has 0 bridgehead atoms. The number of halogens is 1. The second-order valence-electron chi connectivity index (χ2n) is 2.48. The van der Waals surface area contributed by atoms with Gasteiger partial charge in [0.2, 0.25) is 0 Å². The zero-order chi connectivity index (χ0) is 8.97. The first kappa shape index (κ1) is 9.55. The number of ketones is 1. The number of carbonyl (C=O) groups excluding carboxylic acids is 1. The van der Waals surface area contributed by atoms with Crippen LogP contribution in [0.2, 0.25) is 4.34 Å². The van der Waals surface area contributed by atoms with E-state index in [0.717, 1.165) is 9.34 Å². The Balaban J connectivity index is 2.29. The number of rotatable bonds is 4. The standard InChI is InChI=1S/C8H10ClNOS/c1-6(11)4-5-10-8-3-2-7(9)12-8/h2-3,10H,4-5H2,1H3. The van der Waals surface area contributed by atoms with Crippen LogP contribution < -0.4 is 5.32 Å². The Labute approximate surface area is 80.5 Å². The molecule has 0 radical (unpaired) electrons. The van der Waals surface area contributed by atoms with Gasteiger partial charge in [0.15, 0.2) is 0 Å². The van der Waals surface area contributed by atoms with Gasteiger partial charge in [0.05, 0.1) is 9.34 Å². The van der Waals surface area contributed by atoms with E-state index in [9.17, 15) is 4.79 Å². The molecule has 1 N–H and O–H groups in total. The average molecular weight is 204 g/mol. The third kappa shape index (κ3) is 3.24. The highest BCUT2D eigenvalue weighted by atomic mass is 35.5. The van der Waals surface area contributed by atoms with Gasteiger partial charge in [-0.25, -0.2) is 0 Å². The molecule has 0 aromatic carbocycles. The highest BCUT2D eigenvalue weighted by Crippen LogP contribution is 2.25. The number of Topliss-reactive ketones (excluding diaryl/α,β-unsaturated/α-hetero) is 1. The van der Waals surface area contributed by atoms with Gasteiger partial charge in [-0.1, -0.05) is 11.6 Å². The van der Waals surface area contributed by atoms with Crippen LogP contribution in [0, 0.1) is 0 Å². The first-order valence-electron chi connectivity index (χ1n) is 3.67. The lowest BCUT2D eigenvalue weighted by Gasteiger charge is -1.99. The van der Waals surface area contributed by atoms with E-state index in [1.807, 2.05) is 12.1 Å². The Morgan fingerprint density at radius 3 is 2.92 bits per heavy atom. The topological polar surface area (TPSA) is 29.1 Å². The average Bonchev–Trinajstić information content (AvgIpc) is 2.35. The van der Waals surface area contributed by atoms with Gasteiger partial charge >= 0.3 is 0 Å². The summed E-state index contributed by atoms with van der Waals surface area (Å²) in [7, 11) is 0. The SMILES string of the molecule is CC(=O)CCNc1ccc(Cl)s1. The number of thiophene rings is 1. The van der Waals surface area contributed by atoms with Crippen LogP contribution in [0.3, 0.4) is 0 Å². The van der Waals surface area contributed by atoms with Crippen molar-refractivity contribution in [3.05, 3.63) is 16.5 Å². The van der Waals surface area contributed by atoms with Gasteiger partial charge in [0, 0.05) is 13.0 Å². The minimum atomic E-state index is 0.199. The van der Waals surface area contributed by atoms with Crippen LogP contribution in [-0.2, 0) is 4.79 Å². The fourth-order valence-corrected chi connectivity index (χ4v) is 1.74. The van der Waals surface area contributed by atoms with E-state index in [2.05, 4.69) is 5.32 Å². The summed E-state index contributed by atoms with van der Waals surface area (Å²) < 4.78 is 0.764. The highest BCUT2D eigenvalue weighted by Gasteiger charge is 1.97. The maximum Gasteiger partial charge on any atom is 0.131 e. The molecule has 2 nitrogen and oxygen atoms in total. The van der Waals surface area contributed by atoms with E-state index in [4.69, 9.17) is 11.6 Å². The van der Waals surface area contributed by atoms with Crippen LogP contribution in [0.15, 0.2) is 12.1 Å². The maximum atomic E-state index is 10.6. The minimum absolute atomic E-state index is 0.199. The molecule has 1 aromatic rings. The van der Waals surface area contributed by atoms with Gasteiger partial charge < -0.3 is 5.32 Å². The number of nitrogens with one attached hydrogen (secondary N) is 1. The third-order valence-corrected chi connectivity index (χ3v) is 2.54.